The summed E-state index contributed by atoms with van der Waals surface area (Å²) in [6.07, 6.45) is 0. The predicted molar refractivity (Wildman–Crippen MR) is 73.6 cm³/mol. The lowest BCUT2D eigenvalue weighted by Crippen LogP contribution is -1.99. The first-order chi connectivity index (χ1) is 9.47. The van der Waals surface area contributed by atoms with Crippen molar-refractivity contribution in [2.45, 2.75) is 13.5 Å². The molecular formula is C14H11ClFNO3. The summed E-state index contributed by atoms with van der Waals surface area (Å²) in [5.41, 5.74) is 1.43. The average Bonchev–Trinajstić information content (AvgIpc) is 2.39. The minimum Gasteiger partial charge on any atom is -0.489 e. The van der Waals surface area contributed by atoms with Crippen LogP contribution in [0.15, 0.2) is 36.4 Å². The van der Waals surface area contributed by atoms with Crippen molar-refractivity contribution in [3.05, 3.63) is 68.5 Å². The van der Waals surface area contributed by atoms with Crippen LogP contribution in [0.4, 0.5) is 10.1 Å². The van der Waals surface area contributed by atoms with E-state index in [1.165, 1.54) is 30.3 Å². The zero-order valence-electron chi connectivity index (χ0n) is 10.6. The average molecular weight is 296 g/mol. The van der Waals surface area contributed by atoms with E-state index in [1.807, 2.05) is 6.92 Å². The van der Waals surface area contributed by atoms with Gasteiger partial charge in [0.05, 0.1) is 4.92 Å². The minimum atomic E-state index is -0.567. The molecule has 0 unspecified atom stereocenters. The van der Waals surface area contributed by atoms with Gasteiger partial charge in [0, 0.05) is 12.1 Å². The van der Waals surface area contributed by atoms with Crippen molar-refractivity contribution >= 4 is 17.3 Å². The second-order valence-electron chi connectivity index (χ2n) is 4.23. The highest BCUT2D eigenvalue weighted by Crippen LogP contribution is 2.28. The van der Waals surface area contributed by atoms with Gasteiger partial charge in [-0.05, 0) is 36.2 Å². The van der Waals surface area contributed by atoms with E-state index in [1.54, 1.807) is 6.07 Å². The molecule has 0 radical (unpaired) electrons. The van der Waals surface area contributed by atoms with Crippen molar-refractivity contribution in [2.24, 2.45) is 0 Å². The van der Waals surface area contributed by atoms with Gasteiger partial charge in [-0.1, -0.05) is 17.7 Å². The Balaban J connectivity index is 2.13. The largest absolute Gasteiger partial charge is 0.489 e. The van der Waals surface area contributed by atoms with Crippen LogP contribution < -0.4 is 4.74 Å². The van der Waals surface area contributed by atoms with Gasteiger partial charge in [-0.2, -0.15) is 0 Å². The number of aryl methyl sites for hydroxylation is 1. The highest BCUT2D eigenvalue weighted by Gasteiger charge is 2.12. The minimum absolute atomic E-state index is 0.00321. The predicted octanol–water partition coefficient (Wildman–Crippen LogP) is 4.27. The lowest BCUT2D eigenvalue weighted by atomic mass is 10.1. The molecule has 0 aromatic heterocycles. The van der Waals surface area contributed by atoms with Gasteiger partial charge in [0.25, 0.3) is 5.69 Å². The molecule has 0 aliphatic heterocycles. The maximum absolute atomic E-state index is 13.1. The summed E-state index contributed by atoms with van der Waals surface area (Å²) in [4.78, 5) is 10.1. The first-order valence-corrected chi connectivity index (χ1v) is 6.17. The lowest BCUT2D eigenvalue weighted by Gasteiger charge is -2.09. The molecule has 0 bridgehead atoms. The third kappa shape index (κ3) is 3.24. The van der Waals surface area contributed by atoms with Crippen molar-refractivity contribution in [2.75, 3.05) is 0 Å². The Hall–Kier alpha value is -2.14. The summed E-state index contributed by atoms with van der Waals surface area (Å²) in [5.74, 6) is 0.0557. The summed E-state index contributed by atoms with van der Waals surface area (Å²) >= 11 is 5.78. The third-order valence-corrected chi connectivity index (χ3v) is 3.12. The molecule has 104 valence electrons. The Kier molecular flexibility index (Phi) is 4.20. The Morgan fingerprint density at radius 2 is 2.05 bits per heavy atom. The lowest BCUT2D eigenvalue weighted by molar-refractivity contribution is -0.384. The van der Waals surface area contributed by atoms with Crippen LogP contribution in [0.5, 0.6) is 5.75 Å². The highest BCUT2D eigenvalue weighted by atomic mass is 35.5. The molecule has 0 saturated heterocycles. The van der Waals surface area contributed by atoms with Crippen LogP contribution in [0.1, 0.15) is 11.1 Å². The van der Waals surface area contributed by atoms with Gasteiger partial charge in [-0.3, -0.25) is 10.1 Å². The summed E-state index contributed by atoms with van der Waals surface area (Å²) in [7, 11) is 0. The van der Waals surface area contributed by atoms with Crippen molar-refractivity contribution in [3.8, 4) is 5.75 Å². The summed E-state index contributed by atoms with van der Waals surface area (Å²) in [5, 5.41) is 10.6. The van der Waals surface area contributed by atoms with E-state index in [2.05, 4.69) is 0 Å². The van der Waals surface area contributed by atoms with E-state index in [0.29, 0.717) is 11.3 Å². The number of benzene rings is 2. The molecule has 0 N–H and O–H groups in total. The Morgan fingerprint density at radius 3 is 2.70 bits per heavy atom. The SMILES string of the molecule is Cc1ccc(F)cc1COc1ccc([N+](=O)[O-])c(Cl)c1. The topological polar surface area (TPSA) is 52.4 Å². The van der Waals surface area contributed by atoms with Crippen LogP contribution >= 0.6 is 11.6 Å². The van der Waals surface area contributed by atoms with Gasteiger partial charge in [-0.25, -0.2) is 4.39 Å². The molecule has 4 nitrogen and oxygen atoms in total. The Bertz CT molecular complexity index is 661. The molecule has 0 heterocycles. The van der Waals surface area contributed by atoms with Crippen molar-refractivity contribution in [1.82, 2.24) is 0 Å². The zero-order valence-corrected chi connectivity index (χ0v) is 11.4. The summed E-state index contributed by atoms with van der Waals surface area (Å²) in [6, 6.07) is 8.53. The molecule has 0 spiro atoms. The maximum atomic E-state index is 13.1. The van der Waals surface area contributed by atoms with E-state index in [9.17, 15) is 14.5 Å². The number of halogens is 2. The van der Waals surface area contributed by atoms with Gasteiger partial charge in [-0.15, -0.1) is 0 Å². The molecule has 2 rings (SSSR count). The number of ether oxygens (including phenoxy) is 1. The quantitative estimate of drug-likeness (QED) is 0.625. The fraction of sp³-hybridized carbons (Fsp3) is 0.143. The summed E-state index contributed by atoms with van der Waals surface area (Å²) < 4.78 is 18.6. The molecule has 0 fully saturated rings. The van der Waals surface area contributed by atoms with Crippen LogP contribution in [0.3, 0.4) is 0 Å². The van der Waals surface area contributed by atoms with Crippen LogP contribution in [-0.2, 0) is 6.61 Å². The van der Waals surface area contributed by atoms with E-state index in [4.69, 9.17) is 16.3 Å². The van der Waals surface area contributed by atoms with Gasteiger partial charge in [0.2, 0.25) is 0 Å². The van der Waals surface area contributed by atoms with E-state index in [0.717, 1.165) is 5.56 Å². The van der Waals surface area contributed by atoms with Crippen molar-refractivity contribution in [3.63, 3.8) is 0 Å². The molecule has 6 heteroatoms. The van der Waals surface area contributed by atoms with Gasteiger partial charge >= 0.3 is 0 Å². The van der Waals surface area contributed by atoms with Crippen molar-refractivity contribution < 1.29 is 14.1 Å². The highest BCUT2D eigenvalue weighted by molar-refractivity contribution is 6.32. The maximum Gasteiger partial charge on any atom is 0.288 e. The number of nitro benzene ring substituents is 1. The monoisotopic (exact) mass is 295 g/mol. The van der Waals surface area contributed by atoms with Crippen LogP contribution in [0, 0.1) is 22.9 Å². The number of hydrogen-bond donors (Lipinski definition) is 0. The van der Waals surface area contributed by atoms with Crippen LogP contribution in [0.2, 0.25) is 5.02 Å². The van der Waals surface area contributed by atoms with Gasteiger partial charge in [0.1, 0.15) is 23.2 Å². The fourth-order valence-electron chi connectivity index (χ4n) is 1.68. The van der Waals surface area contributed by atoms with Gasteiger partial charge < -0.3 is 4.74 Å². The molecular weight excluding hydrogens is 285 g/mol. The van der Waals surface area contributed by atoms with Crippen LogP contribution in [0.25, 0.3) is 0 Å². The Labute approximate surface area is 119 Å². The normalized spacial score (nSPS) is 10.3. The van der Waals surface area contributed by atoms with E-state index in [-0.39, 0.29) is 23.1 Å². The molecule has 20 heavy (non-hydrogen) atoms. The Morgan fingerprint density at radius 1 is 1.30 bits per heavy atom. The molecule has 0 saturated carbocycles. The smallest absolute Gasteiger partial charge is 0.288 e. The second kappa shape index (κ2) is 5.88. The number of nitro groups is 1. The molecule has 2 aromatic rings. The zero-order chi connectivity index (χ0) is 14.7. The van der Waals surface area contributed by atoms with Crippen molar-refractivity contribution in [1.29, 1.82) is 0 Å². The molecule has 2 aromatic carbocycles. The second-order valence-corrected chi connectivity index (χ2v) is 4.64. The van der Waals surface area contributed by atoms with E-state index >= 15 is 0 Å². The first-order valence-electron chi connectivity index (χ1n) is 5.79. The number of rotatable bonds is 4. The standard InChI is InChI=1S/C14H11ClFNO3/c1-9-2-3-11(16)6-10(9)8-20-12-4-5-14(17(18)19)13(15)7-12/h2-7H,8H2,1H3. The molecule has 0 amide bonds. The summed E-state index contributed by atoms with van der Waals surface area (Å²) in [6.45, 7) is 2.01. The first kappa shape index (κ1) is 14.3. The molecule has 0 aliphatic carbocycles. The fourth-order valence-corrected chi connectivity index (χ4v) is 1.92. The van der Waals surface area contributed by atoms with E-state index < -0.39 is 4.92 Å². The van der Waals surface area contributed by atoms with Gasteiger partial charge in [0.15, 0.2) is 0 Å². The van der Waals surface area contributed by atoms with Crippen LogP contribution in [-0.4, -0.2) is 4.92 Å². The molecule has 0 aliphatic rings. The third-order valence-electron chi connectivity index (χ3n) is 2.82. The molecule has 0 atom stereocenters. The number of hydrogen-bond acceptors (Lipinski definition) is 3. The number of nitrogens with zero attached hydrogens (tertiary/aromatic N) is 1.